The van der Waals surface area contributed by atoms with E-state index in [1.165, 1.54) is 30.3 Å². The van der Waals surface area contributed by atoms with Gasteiger partial charge >= 0.3 is 5.63 Å². The second-order valence-corrected chi connectivity index (χ2v) is 9.24. The van der Waals surface area contributed by atoms with Crippen LogP contribution in [0.4, 0.5) is 8.78 Å². The molecule has 3 heterocycles. The van der Waals surface area contributed by atoms with Gasteiger partial charge in [0.1, 0.15) is 17.2 Å². The Morgan fingerprint density at radius 1 is 0.914 bits per heavy atom. The fourth-order valence-electron chi connectivity index (χ4n) is 5.32. The predicted octanol–water partition coefficient (Wildman–Crippen LogP) is 5.14. The van der Waals surface area contributed by atoms with Crippen LogP contribution >= 0.6 is 0 Å². The molecule has 1 aliphatic rings. The van der Waals surface area contributed by atoms with Gasteiger partial charge in [-0.25, -0.2) is 13.6 Å². The summed E-state index contributed by atoms with van der Waals surface area (Å²) in [5.41, 5.74) is 1.78. The first-order chi connectivity index (χ1) is 17.0. The molecular weight excluding hydrogens is 452 g/mol. The van der Waals surface area contributed by atoms with Crippen LogP contribution in [0.25, 0.3) is 32.8 Å². The van der Waals surface area contributed by atoms with Crippen LogP contribution < -0.4 is 16.5 Å². The Morgan fingerprint density at radius 2 is 1.66 bits per heavy atom. The third kappa shape index (κ3) is 3.93. The lowest BCUT2D eigenvalue weighted by molar-refractivity contribution is 0.290. The van der Waals surface area contributed by atoms with Gasteiger partial charge in [-0.15, -0.1) is 0 Å². The molecule has 0 amide bonds. The highest BCUT2D eigenvalue weighted by atomic mass is 19.1. The molecule has 178 valence electrons. The number of fused-ring (bicyclic) bond motifs is 4. The van der Waals surface area contributed by atoms with Gasteiger partial charge < -0.3 is 19.3 Å². The number of aromatic amines is 1. The zero-order valence-electron chi connectivity index (χ0n) is 18.8. The van der Waals surface area contributed by atoms with Crippen molar-refractivity contribution in [3.63, 3.8) is 0 Å². The van der Waals surface area contributed by atoms with Crippen molar-refractivity contribution in [3.05, 3.63) is 92.7 Å². The number of benzene rings is 2. The summed E-state index contributed by atoms with van der Waals surface area (Å²) >= 11 is 0. The summed E-state index contributed by atoms with van der Waals surface area (Å²) in [4.78, 5) is 28.2. The van der Waals surface area contributed by atoms with Gasteiger partial charge in [0.2, 0.25) is 0 Å². The molecule has 3 aromatic heterocycles. The third-order valence-corrected chi connectivity index (χ3v) is 7.04. The summed E-state index contributed by atoms with van der Waals surface area (Å²) in [7, 11) is 0. The highest BCUT2D eigenvalue weighted by Gasteiger charge is 2.24. The molecule has 35 heavy (non-hydrogen) atoms. The number of aromatic nitrogens is 2. The van der Waals surface area contributed by atoms with E-state index in [0.717, 1.165) is 36.8 Å². The van der Waals surface area contributed by atoms with E-state index in [1.807, 2.05) is 0 Å². The lowest BCUT2D eigenvalue weighted by Gasteiger charge is -2.31. The molecule has 2 aromatic carbocycles. The molecule has 0 saturated heterocycles. The Labute approximate surface area is 198 Å². The van der Waals surface area contributed by atoms with Gasteiger partial charge in [0.25, 0.3) is 5.56 Å². The highest BCUT2D eigenvalue weighted by Crippen LogP contribution is 2.30. The minimum absolute atomic E-state index is 0.0185. The van der Waals surface area contributed by atoms with Crippen molar-refractivity contribution in [1.82, 2.24) is 14.9 Å². The van der Waals surface area contributed by atoms with Gasteiger partial charge in [0.05, 0.1) is 16.4 Å². The van der Waals surface area contributed by atoms with Gasteiger partial charge in [-0.05, 0) is 79.6 Å². The Balaban J connectivity index is 1.18. The molecule has 5 aromatic rings. The summed E-state index contributed by atoms with van der Waals surface area (Å²) in [6, 6.07) is 13.9. The van der Waals surface area contributed by atoms with Gasteiger partial charge in [-0.1, -0.05) is 0 Å². The van der Waals surface area contributed by atoms with Gasteiger partial charge in [-0.2, -0.15) is 0 Å². The average Bonchev–Trinajstić information content (AvgIpc) is 3.29. The summed E-state index contributed by atoms with van der Waals surface area (Å²) < 4.78 is 34.7. The lowest BCUT2D eigenvalue weighted by atomic mass is 9.90. The Bertz CT molecular complexity index is 1690. The molecule has 2 N–H and O–H groups in total. The van der Waals surface area contributed by atoms with Crippen molar-refractivity contribution in [2.45, 2.75) is 44.3 Å². The number of H-pyrrole nitrogens is 1. The third-order valence-electron chi connectivity index (χ3n) is 7.04. The maximum absolute atomic E-state index is 13.9. The molecule has 6 rings (SSSR count). The second kappa shape index (κ2) is 8.46. The quantitative estimate of drug-likeness (QED) is 0.353. The second-order valence-electron chi connectivity index (χ2n) is 9.24. The molecule has 0 unspecified atom stereocenters. The largest absolute Gasteiger partial charge is 0.422 e. The highest BCUT2D eigenvalue weighted by molar-refractivity contribution is 6.02. The van der Waals surface area contributed by atoms with Crippen LogP contribution in [0.3, 0.4) is 0 Å². The smallest absolute Gasteiger partial charge is 0.345 e. The van der Waals surface area contributed by atoms with E-state index in [1.54, 1.807) is 28.8 Å². The van der Waals surface area contributed by atoms with E-state index in [2.05, 4.69) is 10.3 Å². The predicted molar refractivity (Wildman–Crippen MR) is 131 cm³/mol. The first kappa shape index (κ1) is 21.7. The Kier molecular flexibility index (Phi) is 5.25. The SMILES string of the molecule is O=c1oc2ccc(F)cc2c2[nH]c(CN[C@H]3CC[C@H](n4c(=O)ccc5ccc(F)cc54)CC3)cc12. The Morgan fingerprint density at radius 3 is 2.49 bits per heavy atom. The maximum Gasteiger partial charge on any atom is 0.345 e. The van der Waals surface area contributed by atoms with Crippen molar-refractivity contribution >= 4 is 32.8 Å². The van der Waals surface area contributed by atoms with Gasteiger partial charge in [-0.3, -0.25) is 4.79 Å². The fourth-order valence-corrected chi connectivity index (χ4v) is 5.32. The van der Waals surface area contributed by atoms with Crippen LogP contribution in [-0.4, -0.2) is 15.6 Å². The number of halogens is 2. The van der Waals surface area contributed by atoms with E-state index >= 15 is 0 Å². The minimum atomic E-state index is -0.459. The minimum Gasteiger partial charge on any atom is -0.422 e. The first-order valence-corrected chi connectivity index (χ1v) is 11.7. The van der Waals surface area contributed by atoms with Crippen molar-refractivity contribution in [2.75, 3.05) is 0 Å². The summed E-state index contributed by atoms with van der Waals surface area (Å²) in [5.74, 6) is -0.748. The molecule has 0 aliphatic heterocycles. The number of hydrogen-bond donors (Lipinski definition) is 2. The van der Waals surface area contributed by atoms with Crippen LogP contribution in [0.1, 0.15) is 37.4 Å². The van der Waals surface area contributed by atoms with Crippen molar-refractivity contribution in [2.24, 2.45) is 0 Å². The van der Waals surface area contributed by atoms with Crippen molar-refractivity contribution < 1.29 is 13.2 Å². The molecule has 6 nitrogen and oxygen atoms in total. The number of pyridine rings is 1. The summed E-state index contributed by atoms with van der Waals surface area (Å²) in [6.07, 6.45) is 3.32. The maximum atomic E-state index is 13.9. The fraction of sp³-hybridized carbons (Fsp3) is 0.259. The van der Waals surface area contributed by atoms with Crippen LogP contribution in [0.5, 0.6) is 0 Å². The number of nitrogens with zero attached hydrogens (tertiary/aromatic N) is 1. The number of hydrogen-bond acceptors (Lipinski definition) is 4. The van der Waals surface area contributed by atoms with Crippen LogP contribution in [0.2, 0.25) is 0 Å². The molecular formula is C27H23F2N3O3. The van der Waals surface area contributed by atoms with Crippen LogP contribution in [-0.2, 0) is 6.54 Å². The van der Waals surface area contributed by atoms with E-state index in [9.17, 15) is 18.4 Å². The molecule has 0 spiro atoms. The summed E-state index contributed by atoms with van der Waals surface area (Å²) in [5, 5.41) is 5.30. The van der Waals surface area contributed by atoms with Gasteiger partial charge in [0.15, 0.2) is 0 Å². The molecule has 0 radical (unpaired) electrons. The molecule has 8 heteroatoms. The standard InChI is InChI=1S/C27H23F2N3O3/c28-16-4-9-24-21(11-16)26-22(27(34)35-24)13-19(31-26)14-30-18-5-7-20(8-6-18)32-23-12-17(29)3-1-15(23)2-10-25(32)33/h1-4,9-13,18,20,30-31H,5-8,14H2/t18-,20-. The molecule has 0 atom stereocenters. The number of nitrogens with one attached hydrogen (secondary N) is 2. The van der Waals surface area contributed by atoms with Gasteiger partial charge in [0, 0.05) is 35.8 Å². The monoisotopic (exact) mass is 475 g/mol. The normalized spacial score (nSPS) is 18.6. The summed E-state index contributed by atoms with van der Waals surface area (Å²) in [6.45, 7) is 0.514. The molecule has 1 aliphatic carbocycles. The zero-order chi connectivity index (χ0) is 24.1. The average molecular weight is 475 g/mol. The van der Waals surface area contributed by atoms with E-state index in [4.69, 9.17) is 4.42 Å². The van der Waals surface area contributed by atoms with Crippen molar-refractivity contribution in [3.8, 4) is 0 Å². The van der Waals surface area contributed by atoms with Crippen molar-refractivity contribution in [1.29, 1.82) is 0 Å². The number of rotatable bonds is 4. The lowest BCUT2D eigenvalue weighted by Crippen LogP contribution is -2.35. The van der Waals surface area contributed by atoms with E-state index in [0.29, 0.717) is 33.9 Å². The topological polar surface area (TPSA) is 80.0 Å². The molecule has 1 fully saturated rings. The van der Waals surface area contributed by atoms with E-state index < -0.39 is 11.4 Å². The first-order valence-electron chi connectivity index (χ1n) is 11.7. The Hall–Kier alpha value is -3.78. The van der Waals surface area contributed by atoms with Crippen LogP contribution in [0, 0.1) is 11.6 Å². The van der Waals surface area contributed by atoms with Crippen LogP contribution in [0.15, 0.2) is 68.6 Å². The molecule has 0 bridgehead atoms. The molecule has 1 saturated carbocycles. The zero-order valence-corrected chi connectivity index (χ0v) is 18.8. The van der Waals surface area contributed by atoms with E-state index in [-0.39, 0.29) is 23.5 Å².